The van der Waals surface area contributed by atoms with Crippen LogP contribution in [0.1, 0.15) is 0 Å². The lowest BCUT2D eigenvalue weighted by molar-refractivity contribution is 1.08. The van der Waals surface area contributed by atoms with Crippen molar-refractivity contribution >= 4 is 63.0 Å². The van der Waals surface area contributed by atoms with Gasteiger partial charge in [-0.2, -0.15) is 0 Å². The van der Waals surface area contributed by atoms with E-state index in [1.54, 1.807) is 11.3 Å². The van der Waals surface area contributed by atoms with Crippen LogP contribution >= 0.6 is 22.7 Å². The van der Waals surface area contributed by atoms with E-state index in [0.29, 0.717) is 17.5 Å². The van der Waals surface area contributed by atoms with E-state index < -0.39 is 0 Å². The molecule has 10 rings (SSSR count). The van der Waals surface area contributed by atoms with Crippen molar-refractivity contribution < 1.29 is 0 Å². The Morgan fingerprint density at radius 1 is 0.300 bits per heavy atom. The minimum atomic E-state index is 0.652. The van der Waals surface area contributed by atoms with Gasteiger partial charge in [0.1, 0.15) is 0 Å². The van der Waals surface area contributed by atoms with Crippen molar-refractivity contribution in [3.05, 3.63) is 164 Å². The molecular formula is C45H27N3S2. The van der Waals surface area contributed by atoms with Crippen LogP contribution in [0.2, 0.25) is 0 Å². The highest BCUT2D eigenvalue weighted by atomic mass is 32.1. The number of aromatic nitrogens is 3. The standard InChI is InChI=1S/C45H27N3S2/c1-2-12-28(13-3-1)29-14-10-15-30(26-29)32-16-4-5-19-36(32)44-46-43(31-24-25-41-38(27-31)34-18-7-8-22-39(34)49-41)47-45(48-44)37-21-11-20-35-33-17-6-9-23-40(33)50-42(35)37/h1-27H. The maximum Gasteiger partial charge on any atom is 0.165 e. The molecule has 0 fully saturated rings. The van der Waals surface area contributed by atoms with Gasteiger partial charge in [0.15, 0.2) is 17.5 Å². The van der Waals surface area contributed by atoms with E-state index in [1.165, 1.54) is 51.5 Å². The maximum absolute atomic E-state index is 5.28. The molecule has 0 saturated heterocycles. The molecule has 234 valence electrons. The molecule has 0 bridgehead atoms. The van der Waals surface area contributed by atoms with Gasteiger partial charge in [0.2, 0.25) is 0 Å². The molecule has 0 aliphatic rings. The van der Waals surface area contributed by atoms with E-state index in [1.807, 2.05) is 11.3 Å². The molecule has 0 unspecified atom stereocenters. The maximum atomic E-state index is 5.28. The normalized spacial score (nSPS) is 11.6. The van der Waals surface area contributed by atoms with E-state index in [4.69, 9.17) is 15.0 Å². The van der Waals surface area contributed by atoms with Crippen molar-refractivity contribution in [1.29, 1.82) is 0 Å². The first-order chi connectivity index (χ1) is 24.8. The minimum absolute atomic E-state index is 0.652. The molecule has 5 heteroatoms. The average molecular weight is 674 g/mol. The molecule has 3 nitrogen and oxygen atoms in total. The number of benzene rings is 7. The molecular weight excluding hydrogens is 647 g/mol. The summed E-state index contributed by atoms with van der Waals surface area (Å²) >= 11 is 3.61. The van der Waals surface area contributed by atoms with Crippen LogP contribution < -0.4 is 0 Å². The Hall–Kier alpha value is -6.01. The third-order valence-electron chi connectivity index (χ3n) is 9.36. The molecule has 0 aliphatic heterocycles. The summed E-state index contributed by atoms with van der Waals surface area (Å²) in [6.07, 6.45) is 0. The number of rotatable bonds is 5. The van der Waals surface area contributed by atoms with E-state index in [2.05, 4.69) is 164 Å². The highest BCUT2D eigenvalue weighted by Gasteiger charge is 2.19. The molecule has 0 aliphatic carbocycles. The zero-order valence-corrected chi connectivity index (χ0v) is 28.4. The van der Waals surface area contributed by atoms with Crippen molar-refractivity contribution in [2.45, 2.75) is 0 Å². The second-order valence-corrected chi connectivity index (χ2v) is 14.5. The number of thiophene rings is 2. The van der Waals surface area contributed by atoms with Gasteiger partial charge in [-0.05, 0) is 64.7 Å². The molecule has 0 saturated carbocycles. The van der Waals surface area contributed by atoms with Crippen LogP contribution in [0.25, 0.3) is 96.8 Å². The Balaban J connectivity index is 1.20. The predicted octanol–water partition coefficient (Wildman–Crippen LogP) is 12.9. The van der Waals surface area contributed by atoms with E-state index in [9.17, 15) is 0 Å². The largest absolute Gasteiger partial charge is 0.208 e. The van der Waals surface area contributed by atoms with Crippen molar-refractivity contribution in [3.8, 4) is 56.4 Å². The second-order valence-electron chi connectivity index (χ2n) is 12.4. The smallest absolute Gasteiger partial charge is 0.165 e. The van der Waals surface area contributed by atoms with Gasteiger partial charge in [-0.15, -0.1) is 22.7 Å². The van der Waals surface area contributed by atoms with Gasteiger partial charge in [-0.1, -0.05) is 121 Å². The van der Waals surface area contributed by atoms with Crippen LogP contribution in [0.5, 0.6) is 0 Å². The molecule has 0 atom stereocenters. The summed E-state index contributed by atoms with van der Waals surface area (Å²) in [4.78, 5) is 15.8. The number of fused-ring (bicyclic) bond motifs is 6. The number of hydrogen-bond acceptors (Lipinski definition) is 5. The van der Waals surface area contributed by atoms with Crippen LogP contribution in [-0.2, 0) is 0 Å². The number of hydrogen-bond donors (Lipinski definition) is 0. The van der Waals surface area contributed by atoms with Crippen molar-refractivity contribution in [1.82, 2.24) is 15.0 Å². The third kappa shape index (κ3) is 4.90. The molecule has 0 spiro atoms. The lowest BCUT2D eigenvalue weighted by atomic mass is 9.95. The molecule has 0 amide bonds. The summed E-state index contributed by atoms with van der Waals surface area (Å²) in [7, 11) is 0. The lowest BCUT2D eigenvalue weighted by Gasteiger charge is -2.13. The summed E-state index contributed by atoms with van der Waals surface area (Å²) in [6, 6.07) is 57.9. The fraction of sp³-hybridized carbons (Fsp3) is 0. The topological polar surface area (TPSA) is 38.7 Å². The zero-order valence-electron chi connectivity index (χ0n) is 26.7. The van der Waals surface area contributed by atoms with E-state index in [-0.39, 0.29) is 0 Å². The molecule has 7 aromatic carbocycles. The van der Waals surface area contributed by atoms with Crippen LogP contribution in [0, 0.1) is 0 Å². The molecule has 10 aromatic rings. The molecule has 50 heavy (non-hydrogen) atoms. The third-order valence-corrected chi connectivity index (χ3v) is 11.7. The average Bonchev–Trinajstić information content (AvgIpc) is 3.76. The van der Waals surface area contributed by atoms with Crippen LogP contribution in [-0.4, -0.2) is 15.0 Å². The van der Waals surface area contributed by atoms with Crippen LogP contribution in [0.15, 0.2) is 164 Å². The molecule has 3 aromatic heterocycles. The van der Waals surface area contributed by atoms with Crippen molar-refractivity contribution in [2.75, 3.05) is 0 Å². The summed E-state index contributed by atoms with van der Waals surface area (Å²) in [5.41, 5.74) is 7.49. The first kappa shape index (κ1) is 29.0. The summed E-state index contributed by atoms with van der Waals surface area (Å²) in [5, 5.41) is 4.94. The van der Waals surface area contributed by atoms with Crippen LogP contribution in [0.4, 0.5) is 0 Å². The van der Waals surface area contributed by atoms with Gasteiger partial charge in [0, 0.05) is 57.0 Å². The lowest BCUT2D eigenvalue weighted by Crippen LogP contribution is -2.01. The predicted molar refractivity (Wildman–Crippen MR) is 213 cm³/mol. The summed E-state index contributed by atoms with van der Waals surface area (Å²) in [6.45, 7) is 0. The summed E-state index contributed by atoms with van der Waals surface area (Å²) < 4.78 is 4.96. The summed E-state index contributed by atoms with van der Waals surface area (Å²) in [5.74, 6) is 1.98. The van der Waals surface area contributed by atoms with Gasteiger partial charge in [0.25, 0.3) is 0 Å². The van der Waals surface area contributed by atoms with Gasteiger partial charge in [-0.3, -0.25) is 0 Å². The van der Waals surface area contributed by atoms with Crippen molar-refractivity contribution in [3.63, 3.8) is 0 Å². The Morgan fingerprint density at radius 3 is 1.70 bits per heavy atom. The van der Waals surface area contributed by atoms with Gasteiger partial charge < -0.3 is 0 Å². The SMILES string of the molecule is c1ccc(-c2cccc(-c3ccccc3-c3nc(-c4ccc5sc6ccccc6c5c4)nc(-c4cccc5c4sc4ccccc45)n3)c2)cc1. The number of nitrogens with zero attached hydrogens (tertiary/aromatic N) is 3. The van der Waals surface area contributed by atoms with Crippen LogP contribution in [0.3, 0.4) is 0 Å². The molecule has 0 radical (unpaired) electrons. The second kappa shape index (κ2) is 11.8. The zero-order chi connectivity index (χ0) is 33.0. The highest BCUT2D eigenvalue weighted by molar-refractivity contribution is 7.26. The Labute approximate surface area is 296 Å². The van der Waals surface area contributed by atoms with Crippen molar-refractivity contribution in [2.24, 2.45) is 0 Å². The first-order valence-electron chi connectivity index (χ1n) is 16.6. The molecule has 0 N–H and O–H groups in total. The minimum Gasteiger partial charge on any atom is -0.208 e. The highest BCUT2D eigenvalue weighted by Crippen LogP contribution is 2.41. The molecule has 3 heterocycles. The Morgan fingerprint density at radius 2 is 0.860 bits per heavy atom. The first-order valence-corrected chi connectivity index (χ1v) is 18.2. The van der Waals surface area contributed by atoms with Gasteiger partial charge in [0.05, 0.1) is 0 Å². The van der Waals surface area contributed by atoms with Gasteiger partial charge >= 0.3 is 0 Å². The van der Waals surface area contributed by atoms with Gasteiger partial charge in [-0.25, -0.2) is 15.0 Å². The van der Waals surface area contributed by atoms with E-state index >= 15 is 0 Å². The fourth-order valence-corrected chi connectivity index (χ4v) is 9.26. The monoisotopic (exact) mass is 673 g/mol. The fourth-order valence-electron chi connectivity index (χ4n) is 6.96. The Bertz CT molecular complexity index is 2890. The Kier molecular flexibility index (Phi) is 6.86. The van der Waals surface area contributed by atoms with E-state index in [0.717, 1.165) is 27.8 Å². The quantitative estimate of drug-likeness (QED) is 0.182.